The quantitative estimate of drug-likeness (QED) is 0.825. The molecule has 0 saturated heterocycles. The Hall–Kier alpha value is -2.25. The van der Waals surface area contributed by atoms with E-state index in [1.165, 1.54) is 6.07 Å². The van der Waals surface area contributed by atoms with Crippen molar-refractivity contribution in [3.63, 3.8) is 0 Å². The predicted octanol–water partition coefficient (Wildman–Crippen LogP) is 2.79. The van der Waals surface area contributed by atoms with E-state index in [1.807, 2.05) is 37.3 Å². The highest BCUT2D eigenvalue weighted by atomic mass is 35.5. The van der Waals surface area contributed by atoms with E-state index in [9.17, 15) is 13.2 Å². The predicted molar refractivity (Wildman–Crippen MR) is 106 cm³/mol. The van der Waals surface area contributed by atoms with Gasteiger partial charge < -0.3 is 10.1 Å². The highest BCUT2D eigenvalue weighted by Crippen LogP contribution is 2.37. The third-order valence-electron chi connectivity index (χ3n) is 4.43. The number of nitrogens with one attached hydrogen (secondary N) is 1. The molecule has 2 unspecified atom stereocenters. The lowest BCUT2D eigenvalue weighted by Gasteiger charge is -2.34. The first kappa shape index (κ1) is 19.5. The van der Waals surface area contributed by atoms with Crippen molar-refractivity contribution >= 4 is 33.2 Å². The Morgan fingerprint density at radius 2 is 2.00 bits per heavy atom. The lowest BCUT2D eigenvalue weighted by Crippen LogP contribution is -2.50. The van der Waals surface area contributed by atoms with Crippen LogP contribution >= 0.6 is 11.6 Å². The van der Waals surface area contributed by atoms with E-state index in [2.05, 4.69) is 5.32 Å². The number of ether oxygens (including phenoxy) is 1. The Bertz CT molecular complexity index is 934. The zero-order valence-electron chi connectivity index (χ0n) is 15.1. The summed E-state index contributed by atoms with van der Waals surface area (Å²) in [6.07, 6.45) is 0.159. The first-order valence-corrected chi connectivity index (χ1v) is 10.7. The van der Waals surface area contributed by atoms with Crippen LogP contribution < -0.4 is 14.4 Å². The van der Waals surface area contributed by atoms with Crippen molar-refractivity contribution in [3.05, 3.63) is 59.1 Å². The number of carbonyl (C=O) groups is 1. The maximum absolute atomic E-state index is 12.6. The maximum Gasteiger partial charge on any atom is 0.263 e. The SMILES string of the molecule is CC(CNC(=O)C1CN(S(C)(=O)=O)c2cc(Cl)ccc2O1)c1ccccc1. The first-order chi connectivity index (χ1) is 12.8. The Balaban J connectivity index is 1.73. The highest BCUT2D eigenvalue weighted by molar-refractivity contribution is 7.92. The molecule has 0 aliphatic carbocycles. The average Bonchev–Trinajstić information content (AvgIpc) is 2.64. The van der Waals surface area contributed by atoms with Crippen LogP contribution in [0.3, 0.4) is 0 Å². The molecule has 8 heteroatoms. The molecule has 1 amide bonds. The van der Waals surface area contributed by atoms with Crippen molar-refractivity contribution in [1.29, 1.82) is 0 Å². The van der Waals surface area contributed by atoms with Gasteiger partial charge in [0.25, 0.3) is 5.91 Å². The molecule has 2 atom stereocenters. The van der Waals surface area contributed by atoms with E-state index in [4.69, 9.17) is 16.3 Å². The smallest absolute Gasteiger partial charge is 0.263 e. The molecule has 2 aromatic rings. The number of carbonyl (C=O) groups excluding carboxylic acids is 1. The van der Waals surface area contributed by atoms with Crippen LogP contribution in [0.5, 0.6) is 5.75 Å². The molecular formula is C19H21ClN2O4S. The molecule has 1 aliphatic heterocycles. The summed E-state index contributed by atoms with van der Waals surface area (Å²) in [7, 11) is -3.58. The van der Waals surface area contributed by atoms with Crippen LogP contribution in [0.2, 0.25) is 5.02 Å². The van der Waals surface area contributed by atoms with E-state index in [-0.39, 0.29) is 18.4 Å². The van der Waals surface area contributed by atoms with Crippen LogP contribution in [0.25, 0.3) is 0 Å². The average molecular weight is 409 g/mol. The van der Waals surface area contributed by atoms with Gasteiger partial charge in [-0.15, -0.1) is 0 Å². The van der Waals surface area contributed by atoms with E-state index in [0.29, 0.717) is 23.0 Å². The van der Waals surface area contributed by atoms with Gasteiger partial charge in [-0.05, 0) is 29.7 Å². The minimum atomic E-state index is -3.58. The largest absolute Gasteiger partial charge is 0.476 e. The Morgan fingerprint density at radius 3 is 2.67 bits per heavy atom. The third kappa shape index (κ3) is 4.54. The highest BCUT2D eigenvalue weighted by Gasteiger charge is 2.35. The minimum absolute atomic E-state index is 0.0995. The van der Waals surface area contributed by atoms with Gasteiger partial charge in [0, 0.05) is 11.6 Å². The Morgan fingerprint density at radius 1 is 1.30 bits per heavy atom. The molecule has 1 N–H and O–H groups in total. The molecule has 27 heavy (non-hydrogen) atoms. The summed E-state index contributed by atoms with van der Waals surface area (Å²) >= 11 is 5.98. The molecule has 1 heterocycles. The van der Waals surface area contributed by atoms with Crippen LogP contribution in [0.4, 0.5) is 5.69 Å². The minimum Gasteiger partial charge on any atom is -0.476 e. The van der Waals surface area contributed by atoms with E-state index in [0.717, 1.165) is 16.1 Å². The number of hydrogen-bond donors (Lipinski definition) is 1. The number of anilines is 1. The number of hydrogen-bond acceptors (Lipinski definition) is 4. The van der Waals surface area contributed by atoms with Crippen molar-refractivity contribution in [2.75, 3.05) is 23.7 Å². The zero-order valence-corrected chi connectivity index (χ0v) is 16.6. The van der Waals surface area contributed by atoms with Gasteiger partial charge in [0.15, 0.2) is 6.10 Å². The fraction of sp³-hybridized carbons (Fsp3) is 0.316. The van der Waals surface area contributed by atoms with Gasteiger partial charge in [-0.1, -0.05) is 48.9 Å². The zero-order chi connectivity index (χ0) is 19.6. The molecule has 6 nitrogen and oxygen atoms in total. The van der Waals surface area contributed by atoms with Gasteiger partial charge in [-0.25, -0.2) is 8.42 Å². The summed E-state index contributed by atoms with van der Waals surface area (Å²) < 4.78 is 31.2. The second-order valence-electron chi connectivity index (χ2n) is 6.57. The second kappa shape index (κ2) is 7.78. The van der Waals surface area contributed by atoms with E-state index in [1.54, 1.807) is 12.1 Å². The molecule has 0 bridgehead atoms. The molecule has 2 aromatic carbocycles. The van der Waals surface area contributed by atoms with Gasteiger partial charge in [0.1, 0.15) is 5.75 Å². The van der Waals surface area contributed by atoms with Crippen LogP contribution in [0, 0.1) is 0 Å². The number of benzene rings is 2. The number of sulfonamides is 1. The molecular weight excluding hydrogens is 388 g/mol. The van der Waals surface area contributed by atoms with Crippen molar-refractivity contribution in [3.8, 4) is 5.75 Å². The van der Waals surface area contributed by atoms with Gasteiger partial charge >= 0.3 is 0 Å². The van der Waals surface area contributed by atoms with Crippen LogP contribution in [0.15, 0.2) is 48.5 Å². The van der Waals surface area contributed by atoms with Gasteiger partial charge in [0.05, 0.1) is 18.5 Å². The molecule has 0 fully saturated rings. The van der Waals surface area contributed by atoms with Crippen molar-refractivity contribution in [2.45, 2.75) is 18.9 Å². The molecule has 144 valence electrons. The number of fused-ring (bicyclic) bond motifs is 1. The van der Waals surface area contributed by atoms with Crippen molar-refractivity contribution < 1.29 is 17.9 Å². The molecule has 3 rings (SSSR count). The number of amides is 1. The first-order valence-electron chi connectivity index (χ1n) is 8.52. The van der Waals surface area contributed by atoms with Crippen LogP contribution in [0.1, 0.15) is 18.4 Å². The Kier molecular flexibility index (Phi) is 5.62. The lowest BCUT2D eigenvalue weighted by molar-refractivity contribution is -0.127. The summed E-state index contributed by atoms with van der Waals surface area (Å²) in [6, 6.07) is 14.5. The van der Waals surface area contributed by atoms with Gasteiger partial charge in [0.2, 0.25) is 10.0 Å². The second-order valence-corrected chi connectivity index (χ2v) is 8.91. The molecule has 0 radical (unpaired) electrons. The summed E-state index contributed by atoms with van der Waals surface area (Å²) in [4.78, 5) is 12.6. The third-order valence-corrected chi connectivity index (χ3v) is 5.82. The van der Waals surface area contributed by atoms with E-state index < -0.39 is 16.1 Å². The fourth-order valence-electron chi connectivity index (χ4n) is 2.94. The topological polar surface area (TPSA) is 75.7 Å². The van der Waals surface area contributed by atoms with Crippen LogP contribution in [-0.2, 0) is 14.8 Å². The van der Waals surface area contributed by atoms with Crippen molar-refractivity contribution in [2.24, 2.45) is 0 Å². The normalized spacial score (nSPS) is 17.6. The lowest BCUT2D eigenvalue weighted by atomic mass is 10.0. The maximum atomic E-state index is 12.6. The van der Waals surface area contributed by atoms with Crippen molar-refractivity contribution in [1.82, 2.24) is 5.32 Å². The Labute approximate surface area is 164 Å². The fourth-order valence-corrected chi connectivity index (χ4v) is 4.01. The summed E-state index contributed by atoms with van der Waals surface area (Å²) in [6.45, 7) is 2.34. The summed E-state index contributed by atoms with van der Waals surface area (Å²) in [5, 5.41) is 3.25. The monoisotopic (exact) mass is 408 g/mol. The number of halogens is 1. The number of nitrogens with zero attached hydrogens (tertiary/aromatic N) is 1. The van der Waals surface area contributed by atoms with Crippen LogP contribution in [-0.4, -0.2) is 39.8 Å². The molecule has 0 spiro atoms. The molecule has 0 aromatic heterocycles. The molecule has 1 aliphatic rings. The van der Waals surface area contributed by atoms with Gasteiger partial charge in [-0.3, -0.25) is 9.10 Å². The van der Waals surface area contributed by atoms with Gasteiger partial charge in [-0.2, -0.15) is 0 Å². The number of rotatable bonds is 5. The summed E-state index contributed by atoms with van der Waals surface area (Å²) in [5.41, 5.74) is 1.45. The van der Waals surface area contributed by atoms with E-state index >= 15 is 0 Å². The molecule has 0 saturated carbocycles. The summed E-state index contributed by atoms with van der Waals surface area (Å²) in [5.74, 6) is 0.0789. The standard InChI is InChI=1S/C19H21ClN2O4S/c1-13(14-6-4-3-5-7-14)11-21-19(23)18-12-22(27(2,24)25)16-10-15(20)8-9-17(16)26-18/h3-10,13,18H,11-12H2,1-2H3,(H,21,23).